The van der Waals surface area contributed by atoms with Crippen molar-refractivity contribution in [2.75, 3.05) is 5.32 Å². The fourth-order valence-corrected chi connectivity index (χ4v) is 1.95. The Morgan fingerprint density at radius 2 is 2.05 bits per heavy atom. The zero-order chi connectivity index (χ0) is 15.6. The molecule has 6 nitrogen and oxygen atoms in total. The highest BCUT2D eigenvalue weighted by molar-refractivity contribution is 5.98. The predicted molar refractivity (Wildman–Crippen MR) is 74.5 cm³/mol. The number of aryl methyl sites for hydroxylation is 1. The lowest BCUT2D eigenvalue weighted by molar-refractivity contribution is -0.383. The normalized spacial score (nSPS) is 10.2. The van der Waals surface area contributed by atoms with Crippen molar-refractivity contribution >= 4 is 23.0 Å². The van der Waals surface area contributed by atoms with Crippen LogP contribution in [-0.4, -0.2) is 16.0 Å². The van der Waals surface area contributed by atoms with E-state index in [4.69, 9.17) is 5.11 Å². The molecule has 2 aromatic rings. The second kappa shape index (κ2) is 5.58. The molecule has 0 saturated carbocycles. The van der Waals surface area contributed by atoms with Gasteiger partial charge in [-0.15, -0.1) is 0 Å². The minimum Gasteiger partial charge on any atom is -0.478 e. The summed E-state index contributed by atoms with van der Waals surface area (Å²) in [6.45, 7) is 1.66. The van der Waals surface area contributed by atoms with Crippen molar-refractivity contribution < 1.29 is 19.2 Å². The fraction of sp³-hybridized carbons (Fsp3) is 0.0714. The number of carboxylic acids is 1. The first-order valence-corrected chi connectivity index (χ1v) is 5.93. The Hall–Kier alpha value is -2.96. The molecule has 0 aliphatic carbocycles. The molecule has 21 heavy (non-hydrogen) atoms. The van der Waals surface area contributed by atoms with Gasteiger partial charge in [-0.05, 0) is 36.8 Å². The van der Waals surface area contributed by atoms with E-state index in [0.29, 0.717) is 5.56 Å². The molecule has 0 radical (unpaired) electrons. The largest absolute Gasteiger partial charge is 0.478 e. The van der Waals surface area contributed by atoms with Gasteiger partial charge in [0.05, 0.1) is 10.5 Å². The standard InChI is InChI=1S/C14H11FN2O4/c1-8-5-9(15)7-10(6-8)16-13-11(14(18)19)3-2-4-12(13)17(20)21/h2-7,16H,1H3,(H,18,19). The van der Waals surface area contributed by atoms with Gasteiger partial charge in [-0.2, -0.15) is 0 Å². The molecule has 2 aromatic carbocycles. The summed E-state index contributed by atoms with van der Waals surface area (Å²) >= 11 is 0. The van der Waals surface area contributed by atoms with E-state index in [1.165, 1.54) is 24.3 Å². The summed E-state index contributed by atoms with van der Waals surface area (Å²) in [6, 6.07) is 7.69. The van der Waals surface area contributed by atoms with Gasteiger partial charge in [0.15, 0.2) is 0 Å². The van der Waals surface area contributed by atoms with E-state index in [2.05, 4.69) is 5.32 Å². The van der Waals surface area contributed by atoms with Gasteiger partial charge in [0.1, 0.15) is 11.5 Å². The van der Waals surface area contributed by atoms with E-state index in [1.807, 2.05) is 0 Å². The van der Waals surface area contributed by atoms with Crippen LogP contribution < -0.4 is 5.32 Å². The highest BCUT2D eigenvalue weighted by Crippen LogP contribution is 2.31. The quantitative estimate of drug-likeness (QED) is 0.664. The summed E-state index contributed by atoms with van der Waals surface area (Å²) in [4.78, 5) is 21.5. The topological polar surface area (TPSA) is 92.5 Å². The zero-order valence-corrected chi connectivity index (χ0v) is 11.0. The highest BCUT2D eigenvalue weighted by Gasteiger charge is 2.21. The van der Waals surface area contributed by atoms with Crippen molar-refractivity contribution in [1.82, 2.24) is 0 Å². The second-order valence-corrected chi connectivity index (χ2v) is 4.40. The molecular formula is C14H11FN2O4. The average molecular weight is 290 g/mol. The third kappa shape index (κ3) is 3.14. The lowest BCUT2D eigenvalue weighted by atomic mass is 10.1. The van der Waals surface area contributed by atoms with Gasteiger partial charge < -0.3 is 10.4 Å². The van der Waals surface area contributed by atoms with Crippen LogP contribution in [0, 0.1) is 22.9 Å². The smallest absolute Gasteiger partial charge is 0.338 e. The van der Waals surface area contributed by atoms with Crippen molar-refractivity contribution in [3.8, 4) is 0 Å². The van der Waals surface area contributed by atoms with Gasteiger partial charge in [-0.3, -0.25) is 10.1 Å². The highest BCUT2D eigenvalue weighted by atomic mass is 19.1. The molecule has 0 saturated heterocycles. The molecule has 2 N–H and O–H groups in total. The molecule has 0 atom stereocenters. The molecule has 0 aliphatic heterocycles. The zero-order valence-electron chi connectivity index (χ0n) is 11.0. The Labute approximate surface area is 119 Å². The Bertz CT molecular complexity index is 678. The van der Waals surface area contributed by atoms with E-state index >= 15 is 0 Å². The van der Waals surface area contributed by atoms with Gasteiger partial charge in [0.25, 0.3) is 5.69 Å². The number of hydrogen-bond acceptors (Lipinski definition) is 4. The maximum atomic E-state index is 13.4. The molecule has 0 aromatic heterocycles. The molecule has 0 aliphatic rings. The van der Waals surface area contributed by atoms with Gasteiger partial charge in [0.2, 0.25) is 0 Å². The van der Waals surface area contributed by atoms with Crippen LogP contribution in [0.4, 0.5) is 21.5 Å². The number of para-hydroxylation sites is 1. The van der Waals surface area contributed by atoms with E-state index in [9.17, 15) is 19.3 Å². The summed E-state index contributed by atoms with van der Waals surface area (Å²) in [5.74, 6) is -1.83. The predicted octanol–water partition coefficient (Wildman–Crippen LogP) is 3.48. The van der Waals surface area contributed by atoms with Gasteiger partial charge in [-0.1, -0.05) is 6.07 Å². The molecule has 0 heterocycles. The minimum atomic E-state index is -1.31. The molecule has 0 amide bonds. The number of hydrogen-bond donors (Lipinski definition) is 2. The third-order valence-electron chi connectivity index (χ3n) is 2.78. The summed E-state index contributed by atoms with van der Waals surface area (Å²) in [6.07, 6.45) is 0. The SMILES string of the molecule is Cc1cc(F)cc(Nc2c(C(=O)O)cccc2[N+](=O)[O-])c1. The summed E-state index contributed by atoms with van der Waals surface area (Å²) in [5, 5.41) is 22.8. The van der Waals surface area contributed by atoms with Crippen molar-refractivity contribution in [1.29, 1.82) is 0 Å². The van der Waals surface area contributed by atoms with E-state index in [1.54, 1.807) is 13.0 Å². The van der Waals surface area contributed by atoms with Gasteiger partial charge in [-0.25, -0.2) is 9.18 Å². The summed E-state index contributed by atoms with van der Waals surface area (Å²) in [7, 11) is 0. The molecule has 0 spiro atoms. The van der Waals surface area contributed by atoms with Crippen LogP contribution in [0.1, 0.15) is 15.9 Å². The minimum absolute atomic E-state index is 0.181. The van der Waals surface area contributed by atoms with Crippen LogP contribution in [0.2, 0.25) is 0 Å². The van der Waals surface area contributed by atoms with Crippen molar-refractivity contribution in [2.45, 2.75) is 6.92 Å². The van der Waals surface area contributed by atoms with Gasteiger partial charge >= 0.3 is 5.97 Å². The van der Waals surface area contributed by atoms with Crippen LogP contribution in [-0.2, 0) is 0 Å². The number of anilines is 2. The molecule has 0 fully saturated rings. The molecular weight excluding hydrogens is 279 g/mol. The number of carbonyl (C=O) groups is 1. The van der Waals surface area contributed by atoms with Crippen LogP contribution >= 0.6 is 0 Å². The lowest BCUT2D eigenvalue weighted by Crippen LogP contribution is -2.06. The number of nitro groups is 1. The van der Waals surface area contributed by atoms with Crippen molar-refractivity contribution in [3.05, 3.63) is 63.5 Å². The van der Waals surface area contributed by atoms with Crippen molar-refractivity contribution in [3.63, 3.8) is 0 Å². The van der Waals surface area contributed by atoms with Crippen LogP contribution in [0.5, 0.6) is 0 Å². The maximum absolute atomic E-state index is 13.4. The average Bonchev–Trinajstić information content (AvgIpc) is 2.37. The fourth-order valence-electron chi connectivity index (χ4n) is 1.95. The Morgan fingerprint density at radius 1 is 1.33 bits per heavy atom. The monoisotopic (exact) mass is 290 g/mol. The molecule has 108 valence electrons. The molecule has 0 unspecified atom stereocenters. The van der Waals surface area contributed by atoms with Crippen molar-refractivity contribution in [2.24, 2.45) is 0 Å². The number of rotatable bonds is 4. The van der Waals surface area contributed by atoms with Crippen LogP contribution in [0.25, 0.3) is 0 Å². The van der Waals surface area contributed by atoms with Crippen LogP contribution in [0.3, 0.4) is 0 Å². The summed E-state index contributed by atoms with van der Waals surface area (Å²) < 4.78 is 13.4. The molecule has 2 rings (SSSR count). The number of nitro benzene ring substituents is 1. The first kappa shape index (κ1) is 14.4. The Kier molecular flexibility index (Phi) is 3.84. The number of benzene rings is 2. The molecule has 7 heteroatoms. The number of carboxylic acid groups (broad SMARTS) is 1. The van der Waals surface area contributed by atoms with E-state index in [-0.39, 0.29) is 16.9 Å². The number of nitrogens with one attached hydrogen (secondary N) is 1. The number of aromatic carboxylic acids is 1. The number of nitrogens with zero attached hydrogens (tertiary/aromatic N) is 1. The van der Waals surface area contributed by atoms with E-state index in [0.717, 1.165) is 6.07 Å². The molecule has 0 bridgehead atoms. The lowest BCUT2D eigenvalue weighted by Gasteiger charge is -2.11. The Morgan fingerprint density at radius 3 is 2.62 bits per heavy atom. The maximum Gasteiger partial charge on any atom is 0.338 e. The third-order valence-corrected chi connectivity index (χ3v) is 2.78. The Balaban J connectivity index is 2.56. The van der Waals surface area contributed by atoms with E-state index < -0.39 is 22.4 Å². The number of halogens is 1. The first-order valence-electron chi connectivity index (χ1n) is 5.93. The summed E-state index contributed by atoms with van der Waals surface area (Å²) in [5.41, 5.74) is 0.0141. The first-order chi connectivity index (χ1) is 9.88. The van der Waals surface area contributed by atoms with Crippen LogP contribution in [0.15, 0.2) is 36.4 Å². The second-order valence-electron chi connectivity index (χ2n) is 4.40. The van der Waals surface area contributed by atoms with Gasteiger partial charge in [0, 0.05) is 11.8 Å².